The Morgan fingerprint density at radius 3 is 1.59 bits per heavy atom. The number of ether oxygens (including phenoxy) is 3. The lowest BCUT2D eigenvalue weighted by atomic mass is 10.1. The third-order valence-electron chi connectivity index (χ3n) is 6.92. The van der Waals surface area contributed by atoms with Crippen LogP contribution >= 0.6 is 22.6 Å². The van der Waals surface area contributed by atoms with Gasteiger partial charge < -0.3 is 30.2 Å². The number of halogens is 1. The molecule has 0 aliphatic rings. The fraction of sp³-hybridized carbons (Fsp3) is 0.371. The van der Waals surface area contributed by atoms with E-state index in [1.165, 1.54) is 0 Å². The van der Waals surface area contributed by atoms with Crippen molar-refractivity contribution < 1.29 is 33.4 Å². The maximum absolute atomic E-state index is 13.4. The third-order valence-corrected chi connectivity index (χ3v) is 7.69. The summed E-state index contributed by atoms with van der Waals surface area (Å²) in [4.78, 5) is 51.3. The number of carbonyl (C=O) groups excluding carboxylic acids is 4. The Hall–Kier alpha value is -4.13. The number of rotatable bonds is 19. The molecule has 3 rings (SSSR count). The highest BCUT2D eigenvalue weighted by Gasteiger charge is 2.28. The van der Waals surface area contributed by atoms with Crippen molar-refractivity contribution in [3.8, 4) is 0 Å². The zero-order valence-electron chi connectivity index (χ0n) is 25.8. The van der Waals surface area contributed by atoms with Crippen molar-refractivity contribution in [3.63, 3.8) is 0 Å². The number of hydrogen-bond donors (Lipinski definition) is 3. The summed E-state index contributed by atoms with van der Waals surface area (Å²) in [7, 11) is 0. The average Bonchev–Trinajstić information content (AvgIpc) is 3.09. The van der Waals surface area contributed by atoms with Crippen LogP contribution in [0.2, 0.25) is 0 Å². The van der Waals surface area contributed by atoms with Crippen LogP contribution in [-0.2, 0) is 43.6 Å². The number of hydrogen-bond acceptors (Lipinski definition) is 7. The predicted octanol–water partition coefficient (Wildman–Crippen LogP) is 6.21. The van der Waals surface area contributed by atoms with E-state index in [9.17, 15) is 19.2 Å². The molecule has 11 heteroatoms. The van der Waals surface area contributed by atoms with Crippen molar-refractivity contribution in [1.82, 2.24) is 16.0 Å². The summed E-state index contributed by atoms with van der Waals surface area (Å²) in [6, 6.07) is 26.0. The molecule has 10 nitrogen and oxygen atoms in total. The number of unbranched alkanes of at least 4 members (excludes halogenated alkanes) is 2. The second-order valence-electron chi connectivity index (χ2n) is 10.6. The Morgan fingerprint density at radius 1 is 0.565 bits per heavy atom. The summed E-state index contributed by atoms with van der Waals surface area (Å²) in [5.41, 5.74) is 2.53. The van der Waals surface area contributed by atoms with Crippen LogP contribution in [0, 0.1) is 0 Å². The molecule has 0 aliphatic carbocycles. The van der Waals surface area contributed by atoms with Gasteiger partial charge in [0.15, 0.2) is 0 Å². The number of esters is 1. The van der Waals surface area contributed by atoms with Crippen molar-refractivity contribution in [2.45, 2.75) is 70.4 Å². The van der Waals surface area contributed by atoms with E-state index in [0.29, 0.717) is 32.2 Å². The highest BCUT2D eigenvalue weighted by atomic mass is 127. The highest BCUT2D eigenvalue weighted by molar-refractivity contribution is 14.1. The molecule has 0 fully saturated rings. The summed E-state index contributed by atoms with van der Waals surface area (Å²) in [5.74, 6) is -1.07. The number of nitrogens with one attached hydrogen (secondary N) is 3. The number of alkyl halides is 1. The SMILES string of the molecule is O=C(NCCCC[C@H](NC(=O)[C@H](CCCCI)NC(=O)OCc1ccccc1)C(=O)OCc1ccccc1)OCc1ccccc1. The van der Waals surface area contributed by atoms with Gasteiger partial charge in [-0.15, -0.1) is 0 Å². The standard InChI is InChI=1S/C35H42IN3O7/c36-22-12-10-20-30(39-35(43)46-26-29-18-8-3-9-19-29)32(40)38-31(33(41)44-24-27-14-4-1-5-15-27)21-11-13-23-37-34(42)45-25-28-16-6-2-7-17-28/h1-9,14-19,30-31H,10-13,20-26H2,(H,37,42)(H,38,40)(H,39,43)/t30-,31-/m0/s1. The third kappa shape index (κ3) is 14.8. The van der Waals surface area contributed by atoms with Crippen LogP contribution in [0.4, 0.5) is 9.59 Å². The van der Waals surface area contributed by atoms with Gasteiger partial charge in [0.2, 0.25) is 5.91 Å². The molecule has 3 aromatic carbocycles. The summed E-state index contributed by atoms with van der Waals surface area (Å²) >= 11 is 2.26. The summed E-state index contributed by atoms with van der Waals surface area (Å²) in [6.45, 7) is 0.628. The lowest BCUT2D eigenvalue weighted by Gasteiger charge is -2.23. The van der Waals surface area contributed by atoms with Crippen LogP contribution < -0.4 is 16.0 Å². The van der Waals surface area contributed by atoms with E-state index in [1.54, 1.807) is 0 Å². The van der Waals surface area contributed by atoms with Gasteiger partial charge in [-0.2, -0.15) is 0 Å². The lowest BCUT2D eigenvalue weighted by Crippen LogP contribution is -2.52. The van der Waals surface area contributed by atoms with Gasteiger partial charge in [-0.25, -0.2) is 14.4 Å². The molecule has 0 spiro atoms. The largest absolute Gasteiger partial charge is 0.459 e. The molecule has 0 bridgehead atoms. The van der Waals surface area contributed by atoms with Gasteiger partial charge in [0.1, 0.15) is 31.9 Å². The quantitative estimate of drug-likeness (QED) is 0.0438. The molecule has 46 heavy (non-hydrogen) atoms. The van der Waals surface area contributed by atoms with Gasteiger partial charge in [-0.1, -0.05) is 120 Å². The van der Waals surface area contributed by atoms with E-state index in [4.69, 9.17) is 14.2 Å². The zero-order chi connectivity index (χ0) is 32.8. The highest BCUT2D eigenvalue weighted by Crippen LogP contribution is 2.10. The first-order valence-corrected chi connectivity index (χ1v) is 17.0. The van der Waals surface area contributed by atoms with Crippen molar-refractivity contribution in [2.75, 3.05) is 11.0 Å². The maximum Gasteiger partial charge on any atom is 0.408 e. The van der Waals surface area contributed by atoms with E-state index in [2.05, 4.69) is 38.5 Å². The monoisotopic (exact) mass is 743 g/mol. The molecule has 0 saturated heterocycles. The van der Waals surface area contributed by atoms with Gasteiger partial charge in [0.05, 0.1) is 0 Å². The molecule has 0 saturated carbocycles. The number of amides is 3. The molecule has 0 radical (unpaired) electrons. The van der Waals surface area contributed by atoms with E-state index in [1.807, 2.05) is 91.0 Å². The molecular formula is C35H42IN3O7. The minimum absolute atomic E-state index is 0.0595. The fourth-order valence-corrected chi connectivity index (χ4v) is 4.95. The lowest BCUT2D eigenvalue weighted by molar-refractivity contribution is -0.149. The summed E-state index contributed by atoms with van der Waals surface area (Å²) < 4.78 is 17.0. The number of benzene rings is 3. The Labute approximate surface area is 284 Å². The second-order valence-corrected chi connectivity index (χ2v) is 11.7. The molecule has 0 unspecified atom stereocenters. The Bertz CT molecular complexity index is 1330. The molecule has 3 aromatic rings. The van der Waals surface area contributed by atoms with Crippen LogP contribution in [-0.4, -0.2) is 47.1 Å². The van der Waals surface area contributed by atoms with Gasteiger partial charge in [0.25, 0.3) is 0 Å². The molecule has 3 N–H and O–H groups in total. The maximum atomic E-state index is 13.4. The van der Waals surface area contributed by atoms with E-state index in [0.717, 1.165) is 27.5 Å². The Morgan fingerprint density at radius 2 is 1.04 bits per heavy atom. The minimum atomic E-state index is -0.949. The van der Waals surface area contributed by atoms with Crippen LogP contribution in [0.3, 0.4) is 0 Å². The molecule has 246 valence electrons. The summed E-state index contributed by atoms with van der Waals surface area (Å²) in [6.07, 6.45) is 2.04. The molecule has 0 heterocycles. The van der Waals surface area contributed by atoms with Crippen LogP contribution in [0.25, 0.3) is 0 Å². The van der Waals surface area contributed by atoms with Gasteiger partial charge in [-0.3, -0.25) is 4.79 Å². The average molecular weight is 744 g/mol. The summed E-state index contributed by atoms with van der Waals surface area (Å²) in [5, 5.41) is 8.18. The van der Waals surface area contributed by atoms with E-state index < -0.39 is 36.1 Å². The van der Waals surface area contributed by atoms with E-state index in [-0.39, 0.29) is 26.2 Å². The first-order chi connectivity index (χ1) is 22.4. The molecular weight excluding hydrogens is 701 g/mol. The first-order valence-electron chi connectivity index (χ1n) is 15.4. The molecule has 0 aliphatic heterocycles. The van der Waals surface area contributed by atoms with Crippen LogP contribution in [0.5, 0.6) is 0 Å². The normalized spacial score (nSPS) is 11.8. The van der Waals surface area contributed by atoms with Crippen molar-refractivity contribution in [2.24, 2.45) is 0 Å². The first kappa shape index (κ1) is 36.3. The zero-order valence-corrected chi connectivity index (χ0v) is 28.0. The predicted molar refractivity (Wildman–Crippen MR) is 183 cm³/mol. The van der Waals surface area contributed by atoms with Gasteiger partial charge in [0, 0.05) is 6.54 Å². The van der Waals surface area contributed by atoms with Crippen LogP contribution in [0.1, 0.15) is 55.2 Å². The topological polar surface area (TPSA) is 132 Å². The minimum Gasteiger partial charge on any atom is -0.459 e. The number of alkyl carbamates (subject to hydrolysis) is 2. The fourth-order valence-electron chi connectivity index (χ4n) is 4.41. The second kappa shape index (κ2) is 21.6. The smallest absolute Gasteiger partial charge is 0.408 e. The van der Waals surface area contributed by atoms with Gasteiger partial charge >= 0.3 is 18.2 Å². The van der Waals surface area contributed by atoms with Crippen molar-refractivity contribution >= 4 is 46.7 Å². The van der Waals surface area contributed by atoms with Crippen molar-refractivity contribution in [3.05, 3.63) is 108 Å². The molecule has 3 amide bonds. The number of carbonyl (C=O) groups is 4. The Balaban J connectivity index is 1.54. The van der Waals surface area contributed by atoms with Crippen LogP contribution in [0.15, 0.2) is 91.0 Å². The Kier molecular flexibility index (Phi) is 17.0. The molecule has 2 atom stereocenters. The van der Waals surface area contributed by atoms with E-state index >= 15 is 0 Å². The molecule has 0 aromatic heterocycles. The van der Waals surface area contributed by atoms with Crippen molar-refractivity contribution in [1.29, 1.82) is 0 Å². The van der Waals surface area contributed by atoms with Gasteiger partial charge in [-0.05, 0) is 53.2 Å².